The Hall–Kier alpha value is -4.00. The first kappa shape index (κ1) is 19.3. The number of carboxylic acid groups (broad SMARTS) is 1. The third-order valence-electron chi connectivity index (χ3n) is 3.34. The number of carbonyl (C=O) groups excluding carboxylic acids is 1. The summed E-state index contributed by atoms with van der Waals surface area (Å²) in [6.07, 6.45) is 0. The summed E-state index contributed by atoms with van der Waals surface area (Å²) in [5, 5.41) is 21.9. The van der Waals surface area contributed by atoms with Gasteiger partial charge in [0, 0.05) is 24.7 Å². The smallest absolute Gasteiger partial charge is 0.341 e. The Bertz CT molecular complexity index is 954. The van der Waals surface area contributed by atoms with Gasteiger partial charge in [0.25, 0.3) is 11.6 Å². The lowest BCUT2D eigenvalue weighted by molar-refractivity contribution is -0.384. The lowest BCUT2D eigenvalue weighted by Crippen LogP contribution is -2.24. The third-order valence-corrected chi connectivity index (χ3v) is 3.34. The minimum Gasteiger partial charge on any atom is -0.481 e. The van der Waals surface area contributed by atoms with Crippen LogP contribution in [0.4, 0.5) is 15.8 Å². The van der Waals surface area contributed by atoms with Crippen LogP contribution in [0.15, 0.2) is 36.4 Å². The Morgan fingerprint density at radius 3 is 2.70 bits per heavy atom. The molecule has 0 atom stereocenters. The minimum absolute atomic E-state index is 0.0798. The maximum absolute atomic E-state index is 13.8. The molecule has 0 spiro atoms. The van der Waals surface area contributed by atoms with Crippen molar-refractivity contribution in [1.29, 1.82) is 0 Å². The van der Waals surface area contributed by atoms with Crippen molar-refractivity contribution in [2.24, 2.45) is 0 Å². The largest absolute Gasteiger partial charge is 0.481 e. The summed E-state index contributed by atoms with van der Waals surface area (Å²) in [6.45, 7) is 6.03. The summed E-state index contributed by atoms with van der Waals surface area (Å²) < 4.78 is 18.7. The molecule has 0 aliphatic heterocycles. The maximum atomic E-state index is 13.8. The molecule has 0 radical (unpaired) electrons. The second-order valence-corrected chi connectivity index (χ2v) is 5.20. The van der Waals surface area contributed by atoms with E-state index in [1.165, 1.54) is 18.2 Å². The molecule has 9 nitrogen and oxygen atoms in total. The van der Waals surface area contributed by atoms with Gasteiger partial charge >= 0.3 is 5.97 Å². The average Bonchev–Trinajstić information content (AvgIpc) is 2.64. The number of hydrogen-bond donors (Lipinski definition) is 2. The van der Waals surface area contributed by atoms with E-state index in [-0.39, 0.29) is 23.5 Å². The number of nitro groups is 1. The van der Waals surface area contributed by atoms with E-state index >= 15 is 0 Å². The van der Waals surface area contributed by atoms with E-state index in [4.69, 9.17) is 16.4 Å². The fourth-order valence-corrected chi connectivity index (χ4v) is 2.12. The molecule has 10 heteroatoms. The SMILES string of the molecule is [C-]#[N+]c1cc(C(=O)NCc2cccc([N+](=O)[O-])c2)c(OCC(=O)O)cc1F. The van der Waals surface area contributed by atoms with E-state index in [1.807, 2.05) is 0 Å². The van der Waals surface area contributed by atoms with Gasteiger partial charge in [0.15, 0.2) is 6.61 Å². The van der Waals surface area contributed by atoms with E-state index in [1.54, 1.807) is 6.07 Å². The normalized spacial score (nSPS) is 9.93. The Morgan fingerprint density at radius 1 is 1.33 bits per heavy atom. The zero-order valence-corrected chi connectivity index (χ0v) is 13.6. The number of carbonyl (C=O) groups is 2. The first-order valence-corrected chi connectivity index (χ1v) is 7.39. The molecular formula is C17H12FN3O6. The quantitative estimate of drug-likeness (QED) is 0.437. The molecule has 27 heavy (non-hydrogen) atoms. The number of nitrogens with zero attached hydrogens (tertiary/aromatic N) is 2. The Labute approximate surface area is 152 Å². The van der Waals surface area contributed by atoms with Crippen molar-refractivity contribution < 1.29 is 28.7 Å². The van der Waals surface area contributed by atoms with Gasteiger partial charge in [0.1, 0.15) is 11.6 Å². The van der Waals surface area contributed by atoms with Crippen LogP contribution in [0.1, 0.15) is 15.9 Å². The molecule has 0 aliphatic rings. The summed E-state index contributed by atoms with van der Waals surface area (Å²) in [5.74, 6) is -3.38. The third kappa shape index (κ3) is 4.99. The highest BCUT2D eigenvalue weighted by molar-refractivity contribution is 5.98. The number of hydrogen-bond acceptors (Lipinski definition) is 5. The standard InChI is InChI=1S/C17H12FN3O6/c1-19-14-6-12(15(7-13(14)18)27-9-16(22)23)17(24)20-8-10-3-2-4-11(5-10)21(25)26/h2-7H,8-9H2,(H,20,24)(H,22,23). The van der Waals surface area contributed by atoms with Crippen LogP contribution >= 0.6 is 0 Å². The Balaban J connectivity index is 2.23. The molecule has 0 saturated carbocycles. The molecule has 0 unspecified atom stereocenters. The van der Waals surface area contributed by atoms with Crippen molar-refractivity contribution in [2.75, 3.05) is 6.61 Å². The molecule has 0 heterocycles. The first-order chi connectivity index (χ1) is 12.8. The molecular weight excluding hydrogens is 361 g/mol. The Kier molecular flexibility index (Phi) is 6.01. The van der Waals surface area contributed by atoms with Gasteiger partial charge in [-0.1, -0.05) is 12.1 Å². The fourth-order valence-electron chi connectivity index (χ4n) is 2.12. The predicted octanol–water partition coefficient (Wildman–Crippen LogP) is 2.68. The topological polar surface area (TPSA) is 123 Å². The monoisotopic (exact) mass is 373 g/mol. The highest BCUT2D eigenvalue weighted by Gasteiger charge is 2.18. The van der Waals surface area contributed by atoms with Gasteiger partial charge in [-0.15, -0.1) is 0 Å². The first-order valence-electron chi connectivity index (χ1n) is 7.39. The average molecular weight is 373 g/mol. The number of non-ortho nitro benzene ring substituents is 1. The molecule has 2 aromatic carbocycles. The van der Waals surface area contributed by atoms with Gasteiger partial charge in [-0.25, -0.2) is 14.0 Å². The zero-order valence-electron chi connectivity index (χ0n) is 13.6. The summed E-state index contributed by atoms with van der Waals surface area (Å²) in [5.41, 5.74) is -0.366. The Morgan fingerprint density at radius 2 is 2.07 bits per heavy atom. The van der Waals surface area contributed by atoms with E-state index in [0.717, 1.165) is 12.1 Å². The molecule has 138 valence electrons. The molecule has 2 rings (SSSR count). The van der Waals surface area contributed by atoms with E-state index < -0.39 is 34.9 Å². The van der Waals surface area contributed by atoms with E-state index in [2.05, 4.69) is 10.2 Å². The number of rotatable bonds is 7. The number of amides is 1. The molecule has 0 aliphatic carbocycles. The van der Waals surface area contributed by atoms with Crippen molar-refractivity contribution in [3.05, 3.63) is 74.9 Å². The van der Waals surface area contributed by atoms with Gasteiger partial charge < -0.3 is 15.2 Å². The van der Waals surface area contributed by atoms with Crippen molar-refractivity contribution in [3.63, 3.8) is 0 Å². The van der Waals surface area contributed by atoms with E-state index in [9.17, 15) is 24.1 Å². The molecule has 0 fully saturated rings. The van der Waals surface area contributed by atoms with Crippen molar-refractivity contribution in [1.82, 2.24) is 5.32 Å². The minimum atomic E-state index is -1.33. The fraction of sp³-hybridized carbons (Fsp3) is 0.118. The number of aliphatic carboxylic acids is 1. The van der Waals surface area contributed by atoms with Gasteiger partial charge in [-0.2, -0.15) is 0 Å². The summed E-state index contributed by atoms with van der Waals surface area (Å²) in [7, 11) is 0. The molecule has 0 saturated heterocycles. The van der Waals surface area contributed by atoms with Gasteiger partial charge in [-0.05, 0) is 11.6 Å². The number of ether oxygens (including phenoxy) is 1. The molecule has 2 N–H and O–H groups in total. The van der Waals surface area contributed by atoms with Crippen molar-refractivity contribution in [2.45, 2.75) is 6.54 Å². The molecule has 1 amide bonds. The van der Waals surface area contributed by atoms with Crippen LogP contribution in [0.5, 0.6) is 5.75 Å². The molecule has 2 aromatic rings. The van der Waals surface area contributed by atoms with E-state index in [0.29, 0.717) is 5.56 Å². The van der Waals surface area contributed by atoms with Crippen LogP contribution in [0.2, 0.25) is 0 Å². The number of halogens is 1. The lowest BCUT2D eigenvalue weighted by Gasteiger charge is -2.12. The number of nitrogens with one attached hydrogen (secondary N) is 1. The molecule has 0 aromatic heterocycles. The van der Waals surface area contributed by atoms with Crippen molar-refractivity contribution in [3.8, 4) is 5.75 Å². The summed E-state index contributed by atoms with van der Waals surface area (Å²) in [6, 6.07) is 7.30. The van der Waals surface area contributed by atoms with Gasteiger partial charge in [-0.3, -0.25) is 14.9 Å². The number of carboxylic acids is 1. The second-order valence-electron chi connectivity index (χ2n) is 5.20. The van der Waals surface area contributed by atoms with Crippen LogP contribution in [0.3, 0.4) is 0 Å². The molecule has 0 bridgehead atoms. The van der Waals surface area contributed by atoms with Crippen LogP contribution in [-0.2, 0) is 11.3 Å². The van der Waals surface area contributed by atoms with Gasteiger partial charge in [0.2, 0.25) is 5.69 Å². The highest BCUT2D eigenvalue weighted by Crippen LogP contribution is 2.28. The maximum Gasteiger partial charge on any atom is 0.341 e. The van der Waals surface area contributed by atoms with Gasteiger partial charge in [0.05, 0.1) is 17.1 Å². The highest BCUT2D eigenvalue weighted by atomic mass is 19.1. The lowest BCUT2D eigenvalue weighted by atomic mass is 10.1. The van der Waals surface area contributed by atoms with Crippen LogP contribution in [0, 0.1) is 22.5 Å². The summed E-state index contributed by atoms with van der Waals surface area (Å²) >= 11 is 0. The zero-order chi connectivity index (χ0) is 20.0. The number of nitro benzene ring substituents is 1. The van der Waals surface area contributed by atoms with Crippen LogP contribution in [0.25, 0.3) is 4.85 Å². The second kappa shape index (κ2) is 8.39. The van der Waals surface area contributed by atoms with Crippen LogP contribution < -0.4 is 10.1 Å². The van der Waals surface area contributed by atoms with Crippen LogP contribution in [-0.4, -0.2) is 28.5 Å². The summed E-state index contributed by atoms with van der Waals surface area (Å²) in [4.78, 5) is 36.2. The predicted molar refractivity (Wildman–Crippen MR) is 90.1 cm³/mol. The van der Waals surface area contributed by atoms with Crippen molar-refractivity contribution >= 4 is 23.3 Å². The number of benzene rings is 2.